The highest BCUT2D eigenvalue weighted by atomic mass is 16.5. The maximum absolute atomic E-state index is 10.9. The van der Waals surface area contributed by atoms with E-state index in [1.54, 1.807) is 13.8 Å². The minimum absolute atomic E-state index is 0.0266. The number of carbonyl (C=O) groups excluding carboxylic acids is 2. The second-order valence-electron chi connectivity index (χ2n) is 3.22. The van der Waals surface area contributed by atoms with E-state index in [0.29, 0.717) is 0 Å². The van der Waals surface area contributed by atoms with Gasteiger partial charge in [-0.05, 0) is 20.8 Å². The van der Waals surface area contributed by atoms with Crippen LogP contribution in [-0.2, 0) is 14.3 Å². The molecule has 0 radical (unpaired) electrons. The molecule has 0 N–H and O–H groups in total. The molecule has 0 spiro atoms. The zero-order valence-corrected chi connectivity index (χ0v) is 7.43. The number of carbonyl (C=O) groups is 2. The van der Waals surface area contributed by atoms with Crippen LogP contribution in [0.15, 0.2) is 0 Å². The first-order valence-corrected chi connectivity index (χ1v) is 3.50. The molecular formula is C8H14O3. The minimum atomic E-state index is -0.550. The van der Waals surface area contributed by atoms with Crippen LogP contribution in [0.3, 0.4) is 0 Å². The van der Waals surface area contributed by atoms with E-state index in [1.165, 1.54) is 13.8 Å². The highest BCUT2D eigenvalue weighted by Gasteiger charge is 2.24. The Hall–Kier alpha value is -0.860. The van der Waals surface area contributed by atoms with E-state index in [1.807, 2.05) is 0 Å². The second-order valence-corrected chi connectivity index (χ2v) is 3.22. The van der Waals surface area contributed by atoms with Crippen molar-refractivity contribution >= 4 is 11.8 Å². The lowest BCUT2D eigenvalue weighted by atomic mass is 9.90. The predicted molar refractivity (Wildman–Crippen MR) is 41.1 cm³/mol. The lowest BCUT2D eigenvalue weighted by Gasteiger charge is -2.19. The fourth-order valence-corrected chi connectivity index (χ4v) is 0.384. The molecule has 3 nitrogen and oxygen atoms in total. The zero-order valence-electron chi connectivity index (χ0n) is 7.43. The quantitative estimate of drug-likeness (QED) is 0.579. The summed E-state index contributed by atoms with van der Waals surface area (Å²) in [5.74, 6) is -0.321. The second kappa shape index (κ2) is 3.51. The van der Waals surface area contributed by atoms with Crippen molar-refractivity contribution in [3.8, 4) is 0 Å². The maximum atomic E-state index is 10.9. The van der Waals surface area contributed by atoms with Crippen molar-refractivity contribution < 1.29 is 14.3 Å². The van der Waals surface area contributed by atoms with Crippen LogP contribution in [0.25, 0.3) is 0 Å². The molecule has 0 heterocycles. The summed E-state index contributed by atoms with van der Waals surface area (Å²) in [5, 5.41) is 0. The molecule has 0 unspecified atom stereocenters. The summed E-state index contributed by atoms with van der Waals surface area (Å²) in [6.45, 7) is 6.48. The Morgan fingerprint density at radius 1 is 1.27 bits per heavy atom. The molecule has 0 aromatic heterocycles. The summed E-state index contributed by atoms with van der Waals surface area (Å²) in [6.07, 6.45) is 0. The molecule has 0 aromatic carbocycles. The number of Topliss-reactive ketones (excluding diaryl/α,β-unsaturated/α-hetero) is 1. The van der Waals surface area contributed by atoms with Crippen molar-refractivity contribution in [2.45, 2.75) is 27.7 Å². The van der Waals surface area contributed by atoms with Gasteiger partial charge in [-0.3, -0.25) is 9.59 Å². The molecule has 0 saturated heterocycles. The number of esters is 1. The Morgan fingerprint density at radius 3 is 2.00 bits per heavy atom. The molecule has 11 heavy (non-hydrogen) atoms. The largest absolute Gasteiger partial charge is 0.465 e. The molecule has 0 atom stereocenters. The van der Waals surface area contributed by atoms with E-state index in [2.05, 4.69) is 0 Å². The first-order chi connectivity index (χ1) is 4.86. The highest BCUT2D eigenvalue weighted by molar-refractivity contribution is 5.81. The molecule has 0 fully saturated rings. The van der Waals surface area contributed by atoms with Gasteiger partial charge in [0.2, 0.25) is 0 Å². The van der Waals surface area contributed by atoms with Crippen molar-refractivity contribution in [3.05, 3.63) is 0 Å². The van der Waals surface area contributed by atoms with Gasteiger partial charge in [-0.15, -0.1) is 0 Å². The third kappa shape index (κ3) is 3.75. The number of rotatable bonds is 3. The summed E-state index contributed by atoms with van der Waals surface area (Å²) in [7, 11) is 0. The minimum Gasteiger partial charge on any atom is -0.465 e. The highest BCUT2D eigenvalue weighted by Crippen LogP contribution is 2.16. The van der Waals surface area contributed by atoms with E-state index in [9.17, 15) is 9.59 Å². The van der Waals surface area contributed by atoms with Crippen molar-refractivity contribution in [2.75, 3.05) is 6.61 Å². The first-order valence-electron chi connectivity index (χ1n) is 3.50. The van der Waals surface area contributed by atoms with Crippen LogP contribution in [0.1, 0.15) is 27.7 Å². The fourth-order valence-electron chi connectivity index (χ4n) is 0.384. The van der Waals surface area contributed by atoms with Crippen LogP contribution >= 0.6 is 0 Å². The number of ether oxygens (including phenoxy) is 1. The normalized spacial score (nSPS) is 10.9. The van der Waals surface area contributed by atoms with Crippen LogP contribution in [0.2, 0.25) is 0 Å². The molecule has 0 aliphatic carbocycles. The van der Waals surface area contributed by atoms with E-state index in [-0.39, 0.29) is 18.4 Å². The Bertz CT molecular complexity index is 170. The Kier molecular flexibility index (Phi) is 3.23. The van der Waals surface area contributed by atoms with Crippen LogP contribution in [0.5, 0.6) is 0 Å². The van der Waals surface area contributed by atoms with Crippen LogP contribution in [-0.4, -0.2) is 18.4 Å². The molecule has 0 amide bonds. The van der Waals surface area contributed by atoms with Gasteiger partial charge in [0.15, 0.2) is 0 Å². The molecular weight excluding hydrogens is 144 g/mol. The van der Waals surface area contributed by atoms with Gasteiger partial charge in [0.05, 0.1) is 5.41 Å². The number of hydrogen-bond donors (Lipinski definition) is 0. The topological polar surface area (TPSA) is 43.4 Å². The van der Waals surface area contributed by atoms with Gasteiger partial charge in [0.1, 0.15) is 12.4 Å². The van der Waals surface area contributed by atoms with E-state index >= 15 is 0 Å². The summed E-state index contributed by atoms with van der Waals surface area (Å²) in [6, 6.07) is 0. The van der Waals surface area contributed by atoms with Crippen molar-refractivity contribution in [3.63, 3.8) is 0 Å². The van der Waals surface area contributed by atoms with E-state index in [4.69, 9.17) is 4.74 Å². The monoisotopic (exact) mass is 158 g/mol. The SMILES string of the molecule is CC(=O)OCC(C)(C)C(C)=O. The van der Waals surface area contributed by atoms with Gasteiger partial charge in [-0.25, -0.2) is 0 Å². The van der Waals surface area contributed by atoms with E-state index in [0.717, 1.165) is 0 Å². The Balaban J connectivity index is 3.92. The van der Waals surface area contributed by atoms with Gasteiger partial charge in [-0.2, -0.15) is 0 Å². The van der Waals surface area contributed by atoms with Crippen molar-refractivity contribution in [1.29, 1.82) is 0 Å². The molecule has 0 bridgehead atoms. The fraction of sp³-hybridized carbons (Fsp3) is 0.750. The van der Waals surface area contributed by atoms with Crippen LogP contribution < -0.4 is 0 Å². The maximum Gasteiger partial charge on any atom is 0.302 e. The molecule has 0 aromatic rings. The smallest absolute Gasteiger partial charge is 0.302 e. The van der Waals surface area contributed by atoms with Crippen molar-refractivity contribution in [1.82, 2.24) is 0 Å². The molecule has 0 aliphatic heterocycles. The van der Waals surface area contributed by atoms with Gasteiger partial charge in [-0.1, -0.05) is 0 Å². The summed E-state index contributed by atoms with van der Waals surface area (Å²) in [4.78, 5) is 21.3. The van der Waals surface area contributed by atoms with Gasteiger partial charge < -0.3 is 4.74 Å². The summed E-state index contributed by atoms with van der Waals surface area (Å²) >= 11 is 0. The lowest BCUT2D eigenvalue weighted by Crippen LogP contribution is -2.28. The molecule has 64 valence electrons. The van der Waals surface area contributed by atoms with Crippen LogP contribution in [0.4, 0.5) is 0 Å². The first kappa shape index (κ1) is 10.1. The molecule has 0 aliphatic rings. The van der Waals surface area contributed by atoms with Gasteiger partial charge >= 0.3 is 5.97 Å². The number of hydrogen-bond acceptors (Lipinski definition) is 3. The molecule has 0 rings (SSSR count). The van der Waals surface area contributed by atoms with Gasteiger partial charge in [0, 0.05) is 6.92 Å². The third-order valence-electron chi connectivity index (χ3n) is 1.59. The van der Waals surface area contributed by atoms with Crippen LogP contribution in [0, 0.1) is 5.41 Å². The zero-order chi connectivity index (χ0) is 9.07. The lowest BCUT2D eigenvalue weighted by molar-refractivity contribution is -0.146. The van der Waals surface area contributed by atoms with Gasteiger partial charge in [0.25, 0.3) is 0 Å². The average Bonchev–Trinajstić information content (AvgIpc) is 1.84. The Morgan fingerprint density at radius 2 is 1.73 bits per heavy atom. The standard InChI is InChI=1S/C8H14O3/c1-6(9)8(3,4)5-11-7(2)10/h5H2,1-4H3. The molecule has 0 saturated carbocycles. The predicted octanol–water partition coefficient (Wildman–Crippen LogP) is 1.16. The summed E-state index contributed by atoms with van der Waals surface area (Å²) < 4.78 is 4.71. The number of ketones is 1. The Labute approximate surface area is 66.7 Å². The third-order valence-corrected chi connectivity index (χ3v) is 1.59. The van der Waals surface area contributed by atoms with Crippen molar-refractivity contribution in [2.24, 2.45) is 5.41 Å². The molecule has 3 heteroatoms. The summed E-state index contributed by atoms with van der Waals surface area (Å²) in [5.41, 5.74) is -0.550. The van der Waals surface area contributed by atoms with E-state index < -0.39 is 5.41 Å². The average molecular weight is 158 g/mol.